The summed E-state index contributed by atoms with van der Waals surface area (Å²) < 4.78 is 36.9. The van der Waals surface area contributed by atoms with E-state index in [0.29, 0.717) is 55.2 Å². The molecule has 2 aromatic rings. The van der Waals surface area contributed by atoms with E-state index in [1.54, 1.807) is 24.3 Å². The fraction of sp³-hybridized carbons (Fsp3) is 0.367. The monoisotopic (exact) mass is 565 g/mol. The third-order valence-electron chi connectivity index (χ3n) is 7.67. The highest BCUT2D eigenvalue weighted by molar-refractivity contribution is 7.87. The number of ketones is 2. The Morgan fingerprint density at radius 1 is 0.925 bits per heavy atom. The Hall–Kier alpha value is -3.92. The van der Waals surface area contributed by atoms with Gasteiger partial charge < -0.3 is 18.9 Å². The molecule has 0 bridgehead atoms. The van der Waals surface area contributed by atoms with Crippen LogP contribution in [0.2, 0.25) is 0 Å². The highest BCUT2D eigenvalue weighted by Crippen LogP contribution is 2.50. The van der Waals surface area contributed by atoms with Gasteiger partial charge in [-0.15, -0.1) is 0 Å². The van der Waals surface area contributed by atoms with E-state index in [2.05, 4.69) is 0 Å². The van der Waals surface area contributed by atoms with Crippen LogP contribution >= 0.6 is 0 Å². The molecule has 10 heteroatoms. The summed E-state index contributed by atoms with van der Waals surface area (Å²) in [5, 5.41) is 9.36. The van der Waals surface area contributed by atoms with E-state index in [0.717, 1.165) is 17.0 Å². The van der Waals surface area contributed by atoms with Crippen molar-refractivity contribution in [3.05, 3.63) is 76.1 Å². The van der Waals surface area contributed by atoms with Gasteiger partial charge in [-0.3, -0.25) is 14.4 Å². The predicted molar refractivity (Wildman–Crippen MR) is 145 cm³/mol. The average molecular weight is 566 g/mol. The van der Waals surface area contributed by atoms with Gasteiger partial charge in [0.2, 0.25) is 0 Å². The summed E-state index contributed by atoms with van der Waals surface area (Å²) >= 11 is 0. The fourth-order valence-corrected chi connectivity index (χ4v) is 6.77. The summed E-state index contributed by atoms with van der Waals surface area (Å²) in [5.41, 5.74) is 4.09. The van der Waals surface area contributed by atoms with E-state index in [1.165, 1.54) is 25.3 Å². The van der Waals surface area contributed by atoms with Crippen molar-refractivity contribution in [1.29, 1.82) is 0 Å². The number of aliphatic carboxylic acids is 1. The van der Waals surface area contributed by atoms with E-state index in [9.17, 15) is 27.9 Å². The minimum atomic E-state index is -4.14. The second-order valence-electron chi connectivity index (χ2n) is 10.3. The van der Waals surface area contributed by atoms with Crippen LogP contribution in [0.25, 0.3) is 0 Å². The van der Waals surface area contributed by atoms with Crippen molar-refractivity contribution in [3.63, 3.8) is 0 Å². The maximum absolute atomic E-state index is 13.4. The highest BCUT2D eigenvalue weighted by Gasteiger charge is 2.43. The number of carboxylic acid groups (broad SMARTS) is 1. The van der Waals surface area contributed by atoms with Crippen LogP contribution in [0.4, 0.5) is 0 Å². The maximum atomic E-state index is 13.4. The van der Waals surface area contributed by atoms with Crippen molar-refractivity contribution in [2.45, 2.75) is 62.7 Å². The Morgan fingerprint density at radius 2 is 1.52 bits per heavy atom. The van der Waals surface area contributed by atoms with Crippen molar-refractivity contribution >= 4 is 27.7 Å². The third kappa shape index (κ3) is 5.15. The highest BCUT2D eigenvalue weighted by atomic mass is 32.2. The Kier molecular flexibility index (Phi) is 7.55. The van der Waals surface area contributed by atoms with Crippen LogP contribution in [0.1, 0.15) is 62.0 Å². The molecule has 40 heavy (non-hydrogen) atoms. The van der Waals surface area contributed by atoms with Crippen LogP contribution in [0.3, 0.4) is 0 Å². The van der Waals surface area contributed by atoms with Gasteiger partial charge in [0.05, 0.1) is 13.5 Å². The molecule has 1 N–H and O–H groups in total. The molecule has 210 valence electrons. The number of carboxylic acids is 1. The number of hydrogen-bond donors (Lipinski definition) is 1. The number of nitrogens with zero attached hydrogens (tertiary/aromatic N) is 1. The first-order valence-corrected chi connectivity index (χ1v) is 14.7. The van der Waals surface area contributed by atoms with Crippen LogP contribution in [0.15, 0.2) is 69.9 Å². The molecular formula is C30H31NO8S. The molecule has 2 aromatic carbocycles. The lowest BCUT2D eigenvalue weighted by Crippen LogP contribution is -2.39. The lowest BCUT2D eigenvalue weighted by atomic mass is 9.71. The number of carbonyl (C=O) groups excluding carboxylic acids is 2. The summed E-state index contributed by atoms with van der Waals surface area (Å²) in [4.78, 5) is 40.1. The molecule has 0 aromatic heterocycles. The van der Waals surface area contributed by atoms with Gasteiger partial charge in [-0.2, -0.15) is 8.42 Å². The van der Waals surface area contributed by atoms with E-state index in [-0.39, 0.29) is 40.9 Å². The fourth-order valence-electron chi connectivity index (χ4n) is 5.83. The molecule has 0 unspecified atom stereocenters. The summed E-state index contributed by atoms with van der Waals surface area (Å²) in [6.07, 6.45) is 3.08. The van der Waals surface area contributed by atoms with Gasteiger partial charge in [-0.25, -0.2) is 0 Å². The number of hydrogen-bond acceptors (Lipinski definition) is 8. The topological polar surface area (TPSA) is 127 Å². The van der Waals surface area contributed by atoms with E-state index >= 15 is 0 Å². The van der Waals surface area contributed by atoms with Crippen molar-refractivity contribution in [2.24, 2.45) is 0 Å². The summed E-state index contributed by atoms with van der Waals surface area (Å²) in [7, 11) is -2.74. The van der Waals surface area contributed by atoms with E-state index in [4.69, 9.17) is 8.92 Å². The standard InChI is InChI=1S/C30H31NO8S/c1-18-9-12-20(13-10-18)40(36,37)39-25-14-11-19(17-26(25)38-2)28-29-21(5-3-7-23(29)32)31(16-15-27(34)35)22-6-4-8-24(33)30(22)28/h9-14,17,28H,3-8,15-16H2,1-2H3,(H,34,35). The molecule has 5 rings (SSSR count). The van der Waals surface area contributed by atoms with Gasteiger partial charge in [-0.1, -0.05) is 23.8 Å². The molecule has 0 atom stereocenters. The van der Waals surface area contributed by atoms with E-state index in [1.807, 2.05) is 11.8 Å². The average Bonchev–Trinajstić information content (AvgIpc) is 2.92. The Bertz CT molecular complexity index is 1510. The normalized spacial score (nSPS) is 18.0. The summed E-state index contributed by atoms with van der Waals surface area (Å²) in [5.74, 6) is -1.60. The van der Waals surface area contributed by atoms with Crippen LogP contribution in [0, 0.1) is 6.92 Å². The first kappa shape index (κ1) is 27.6. The molecule has 0 radical (unpaired) electrons. The lowest BCUT2D eigenvalue weighted by Gasteiger charge is -2.44. The van der Waals surface area contributed by atoms with Crippen molar-refractivity contribution in [1.82, 2.24) is 4.90 Å². The number of methoxy groups -OCH3 is 1. The van der Waals surface area contributed by atoms with Crippen LogP contribution in [-0.2, 0) is 24.5 Å². The SMILES string of the molecule is COc1cc(C2C3=C(CCCC3=O)N(CCC(=O)O)C3=C2C(=O)CCC3)ccc1OS(=O)(=O)c1ccc(C)cc1. The van der Waals surface area contributed by atoms with Gasteiger partial charge >= 0.3 is 16.1 Å². The molecule has 3 aliphatic rings. The zero-order chi connectivity index (χ0) is 28.6. The first-order chi connectivity index (χ1) is 19.1. The van der Waals surface area contributed by atoms with Crippen LogP contribution in [-0.4, -0.2) is 49.6 Å². The molecule has 1 heterocycles. The predicted octanol–water partition coefficient (Wildman–Crippen LogP) is 4.66. The molecule has 1 aliphatic heterocycles. The first-order valence-electron chi connectivity index (χ1n) is 13.3. The van der Waals surface area contributed by atoms with Crippen molar-refractivity contribution in [2.75, 3.05) is 13.7 Å². The van der Waals surface area contributed by atoms with Gasteiger partial charge in [0.25, 0.3) is 0 Å². The molecule has 0 fully saturated rings. The number of rotatable bonds is 8. The largest absolute Gasteiger partial charge is 0.493 e. The number of carbonyl (C=O) groups is 3. The van der Waals surface area contributed by atoms with Crippen LogP contribution in [0.5, 0.6) is 11.5 Å². The Balaban J connectivity index is 1.59. The van der Waals surface area contributed by atoms with Gasteiger partial charge in [0.15, 0.2) is 23.1 Å². The van der Waals surface area contributed by atoms with Gasteiger partial charge in [-0.05, 0) is 62.4 Å². The third-order valence-corrected chi connectivity index (χ3v) is 8.91. The quantitative estimate of drug-likeness (QED) is 0.455. The van der Waals surface area contributed by atoms with Crippen molar-refractivity contribution < 1.29 is 36.8 Å². The maximum Gasteiger partial charge on any atom is 0.339 e. The molecule has 0 saturated carbocycles. The Labute approximate surface area is 233 Å². The number of benzene rings is 2. The summed E-state index contributed by atoms with van der Waals surface area (Å²) in [6.45, 7) is 2.04. The van der Waals surface area contributed by atoms with Gasteiger partial charge in [0, 0.05) is 47.8 Å². The number of ether oxygens (including phenoxy) is 1. The molecule has 0 saturated heterocycles. The smallest absolute Gasteiger partial charge is 0.339 e. The molecular weight excluding hydrogens is 534 g/mol. The summed E-state index contributed by atoms with van der Waals surface area (Å²) in [6, 6.07) is 11.1. The second kappa shape index (κ2) is 10.9. The van der Waals surface area contributed by atoms with Crippen LogP contribution < -0.4 is 8.92 Å². The minimum absolute atomic E-state index is 0.00293. The Morgan fingerprint density at radius 3 is 2.08 bits per heavy atom. The molecule has 0 spiro atoms. The second-order valence-corrected chi connectivity index (χ2v) is 11.8. The zero-order valence-corrected chi connectivity index (χ0v) is 23.3. The lowest BCUT2D eigenvalue weighted by molar-refractivity contribution is -0.137. The van der Waals surface area contributed by atoms with Gasteiger partial charge in [0.1, 0.15) is 4.90 Å². The number of aryl methyl sites for hydroxylation is 1. The van der Waals surface area contributed by atoms with E-state index < -0.39 is 22.0 Å². The van der Waals surface area contributed by atoms with Crippen molar-refractivity contribution in [3.8, 4) is 11.5 Å². The molecule has 9 nitrogen and oxygen atoms in total. The molecule has 0 amide bonds. The molecule has 2 aliphatic carbocycles. The number of Topliss-reactive ketones (excluding diaryl/α,β-unsaturated/α-hetero) is 2. The zero-order valence-electron chi connectivity index (χ0n) is 22.4. The minimum Gasteiger partial charge on any atom is -0.493 e. The number of allylic oxidation sites excluding steroid dienone is 4.